The van der Waals surface area contributed by atoms with Crippen LogP contribution in [0.1, 0.15) is 31.0 Å². The smallest absolute Gasteiger partial charge is 0.337 e. The minimum atomic E-state index is -1.19. The van der Waals surface area contributed by atoms with Crippen molar-refractivity contribution in [2.24, 2.45) is 5.10 Å². The topological polar surface area (TPSA) is 140 Å². The molecule has 0 saturated carbocycles. The highest BCUT2D eigenvalue weighted by Crippen LogP contribution is 2.35. The third-order valence-electron chi connectivity index (χ3n) is 5.43. The second-order valence-corrected chi connectivity index (χ2v) is 9.04. The van der Waals surface area contributed by atoms with Gasteiger partial charge in [-0.25, -0.2) is 9.59 Å². The minimum absolute atomic E-state index is 0.0221. The van der Waals surface area contributed by atoms with E-state index in [1.165, 1.54) is 13.3 Å². The summed E-state index contributed by atoms with van der Waals surface area (Å²) in [7, 11) is 1.26. The normalized spacial score (nSPS) is 15.5. The molecule has 0 unspecified atom stereocenters. The number of ether oxygens (including phenoxy) is 4. The van der Waals surface area contributed by atoms with Crippen molar-refractivity contribution in [2.45, 2.75) is 26.1 Å². The number of allylic oxidation sites excluding steroid dienone is 1. The van der Waals surface area contributed by atoms with Gasteiger partial charge in [0.05, 0.1) is 41.6 Å². The number of aliphatic hydroxyl groups is 1. The molecule has 2 amide bonds. The number of amides is 2. The van der Waals surface area contributed by atoms with Gasteiger partial charge in [0, 0.05) is 5.70 Å². The van der Waals surface area contributed by atoms with Crippen molar-refractivity contribution < 1.29 is 33.6 Å². The van der Waals surface area contributed by atoms with E-state index in [1.807, 2.05) is 0 Å². The molecule has 0 aliphatic carbocycles. The monoisotopic (exact) mass is 590 g/mol. The second kappa shape index (κ2) is 14.3. The molecule has 3 rings (SSSR count). The van der Waals surface area contributed by atoms with Crippen LogP contribution in [0.3, 0.4) is 0 Å². The van der Waals surface area contributed by atoms with Gasteiger partial charge in [0.2, 0.25) is 0 Å². The summed E-state index contributed by atoms with van der Waals surface area (Å²) in [5.74, 6) is 2.70. The Balaban J connectivity index is 1.68. The van der Waals surface area contributed by atoms with Crippen LogP contribution < -0.4 is 30.3 Å². The number of hydrogen-bond donors (Lipinski definition) is 4. The summed E-state index contributed by atoms with van der Waals surface area (Å²) in [6, 6.07) is 6.87. The number of halogens is 2. The number of hydrazone groups is 1. The molecule has 11 nitrogen and oxygen atoms in total. The van der Waals surface area contributed by atoms with Crippen LogP contribution in [0.25, 0.3) is 0 Å². The number of terminal acetylenes is 1. The van der Waals surface area contributed by atoms with Crippen LogP contribution in [0.2, 0.25) is 10.0 Å². The summed E-state index contributed by atoms with van der Waals surface area (Å²) in [4.78, 5) is 24.5. The molecule has 1 aliphatic rings. The average Bonchev–Trinajstić information content (AvgIpc) is 2.91. The minimum Gasteiger partial charge on any atom is -0.490 e. The average molecular weight is 591 g/mol. The van der Waals surface area contributed by atoms with Crippen molar-refractivity contribution in [3.05, 3.63) is 62.8 Å². The van der Waals surface area contributed by atoms with E-state index in [-0.39, 0.29) is 34.6 Å². The van der Waals surface area contributed by atoms with Crippen molar-refractivity contribution in [2.75, 3.05) is 26.9 Å². The number of rotatable bonds is 12. The van der Waals surface area contributed by atoms with Crippen LogP contribution >= 0.6 is 23.2 Å². The van der Waals surface area contributed by atoms with Crippen molar-refractivity contribution in [3.63, 3.8) is 0 Å². The molecule has 1 heterocycles. The van der Waals surface area contributed by atoms with Crippen LogP contribution in [-0.4, -0.2) is 56.5 Å². The lowest BCUT2D eigenvalue weighted by atomic mass is 9.95. The fourth-order valence-corrected chi connectivity index (χ4v) is 4.34. The molecule has 0 fully saturated rings. The summed E-state index contributed by atoms with van der Waals surface area (Å²) in [6.45, 7) is 3.56. The fraction of sp³-hybridized carbons (Fsp3) is 0.296. The Labute approximate surface area is 241 Å². The number of urea groups is 1. The Morgan fingerprint density at radius 3 is 2.60 bits per heavy atom. The van der Waals surface area contributed by atoms with E-state index in [1.54, 1.807) is 44.2 Å². The Morgan fingerprint density at radius 1 is 1.23 bits per heavy atom. The molecule has 40 heavy (non-hydrogen) atoms. The van der Waals surface area contributed by atoms with Crippen LogP contribution in [0, 0.1) is 12.3 Å². The molecule has 2 aromatic carbocycles. The highest BCUT2D eigenvalue weighted by atomic mass is 35.5. The maximum absolute atomic E-state index is 12.4. The quantitative estimate of drug-likeness (QED) is 0.0967. The number of nitrogens with one attached hydrogen (secondary N) is 3. The Morgan fingerprint density at radius 2 is 1.95 bits per heavy atom. The molecule has 0 aromatic heterocycles. The van der Waals surface area contributed by atoms with Crippen LogP contribution in [-0.2, 0) is 9.53 Å². The number of methoxy groups -OCH3 is 1. The van der Waals surface area contributed by atoms with Crippen LogP contribution in [0.5, 0.6) is 17.2 Å². The van der Waals surface area contributed by atoms with Gasteiger partial charge in [-0.15, -0.1) is 6.42 Å². The summed E-state index contributed by atoms with van der Waals surface area (Å²) in [5, 5.41) is 20.1. The third-order valence-corrected chi connectivity index (χ3v) is 5.99. The largest absolute Gasteiger partial charge is 0.490 e. The van der Waals surface area contributed by atoms with Gasteiger partial charge in [0.25, 0.3) is 0 Å². The summed E-state index contributed by atoms with van der Waals surface area (Å²) >= 11 is 12.4. The molecule has 2 atom stereocenters. The molecular weight excluding hydrogens is 563 g/mol. The first-order chi connectivity index (χ1) is 19.2. The van der Waals surface area contributed by atoms with Crippen molar-refractivity contribution in [1.82, 2.24) is 16.1 Å². The molecule has 0 radical (unpaired) electrons. The van der Waals surface area contributed by atoms with E-state index in [4.69, 9.17) is 48.6 Å². The lowest BCUT2D eigenvalue weighted by Gasteiger charge is -2.28. The Kier molecular flexibility index (Phi) is 10.9. The number of carbonyl (C=O) groups excluding carboxylic acids is 2. The van der Waals surface area contributed by atoms with Gasteiger partial charge < -0.3 is 34.7 Å². The van der Waals surface area contributed by atoms with Gasteiger partial charge in [-0.1, -0.05) is 35.2 Å². The van der Waals surface area contributed by atoms with Crippen molar-refractivity contribution in [3.8, 4) is 29.6 Å². The molecule has 1 aliphatic heterocycles. The molecule has 0 bridgehead atoms. The Bertz CT molecular complexity index is 1330. The van der Waals surface area contributed by atoms with E-state index in [0.717, 1.165) is 0 Å². The standard InChI is InChI=1S/C27H28Cl2N4O7/c1-5-9-39-25-18(28)10-16(11-19(25)29)13-30-33-22(34)14-40-20-8-7-17(12-21(20)38-6-2)24-23(26(35)37-4)15(3)31-27(36)32-24/h1,7-8,10-13,22,24,33-34H,6,9,14H2,2-4H3,(H2,31,32,36)/b30-13-/t22-,24+/m1/s1. The molecule has 0 saturated heterocycles. The number of nitrogens with zero attached hydrogens (tertiary/aromatic N) is 1. The van der Waals surface area contributed by atoms with E-state index >= 15 is 0 Å². The number of benzene rings is 2. The van der Waals surface area contributed by atoms with E-state index in [9.17, 15) is 14.7 Å². The molecule has 212 valence electrons. The SMILES string of the molecule is C#CCOc1c(Cl)cc(/C=N\N[C@H](O)COc2ccc([C@@H]3NC(=O)NC(C)=C3C(=O)OC)cc2OCC)cc1Cl. The highest BCUT2D eigenvalue weighted by Gasteiger charge is 2.32. The predicted octanol–water partition coefficient (Wildman–Crippen LogP) is 3.53. The second-order valence-electron chi connectivity index (χ2n) is 8.22. The first kappa shape index (κ1) is 30.4. The third kappa shape index (κ3) is 7.72. The summed E-state index contributed by atoms with van der Waals surface area (Å²) in [5.41, 5.74) is 4.30. The zero-order chi connectivity index (χ0) is 29.2. The van der Waals surface area contributed by atoms with Crippen LogP contribution in [0.15, 0.2) is 46.7 Å². The highest BCUT2D eigenvalue weighted by molar-refractivity contribution is 6.37. The van der Waals surface area contributed by atoms with Crippen LogP contribution in [0.4, 0.5) is 4.79 Å². The Hall–Kier alpha value is -4.11. The maximum atomic E-state index is 12.4. The number of aliphatic hydroxyl groups excluding tert-OH is 1. The van der Waals surface area contributed by atoms with Gasteiger partial charge in [-0.2, -0.15) is 5.10 Å². The van der Waals surface area contributed by atoms with Gasteiger partial charge in [-0.3, -0.25) is 5.43 Å². The lowest BCUT2D eigenvalue weighted by Crippen LogP contribution is -2.45. The molecular formula is C27H28Cl2N4O7. The number of esters is 1. The first-order valence-corrected chi connectivity index (χ1v) is 12.7. The molecule has 0 spiro atoms. The van der Waals surface area contributed by atoms with Gasteiger partial charge >= 0.3 is 12.0 Å². The van der Waals surface area contributed by atoms with E-state index < -0.39 is 24.3 Å². The van der Waals surface area contributed by atoms with E-state index in [0.29, 0.717) is 34.9 Å². The van der Waals surface area contributed by atoms with Crippen molar-refractivity contribution in [1.29, 1.82) is 0 Å². The maximum Gasteiger partial charge on any atom is 0.337 e. The van der Waals surface area contributed by atoms with Crippen molar-refractivity contribution >= 4 is 41.4 Å². The molecule has 2 aromatic rings. The summed E-state index contributed by atoms with van der Waals surface area (Å²) < 4.78 is 21.7. The lowest BCUT2D eigenvalue weighted by molar-refractivity contribution is -0.136. The number of carbonyl (C=O) groups is 2. The fourth-order valence-electron chi connectivity index (χ4n) is 3.73. The number of hydrogen-bond acceptors (Lipinski definition) is 9. The van der Waals surface area contributed by atoms with Gasteiger partial charge in [-0.05, 0) is 49.2 Å². The molecule has 4 N–H and O–H groups in total. The van der Waals surface area contributed by atoms with Gasteiger partial charge in [0.15, 0.2) is 23.5 Å². The summed E-state index contributed by atoms with van der Waals surface area (Å²) in [6.07, 6.45) is 5.41. The zero-order valence-corrected chi connectivity index (χ0v) is 23.4. The van der Waals surface area contributed by atoms with Gasteiger partial charge in [0.1, 0.15) is 13.2 Å². The first-order valence-electron chi connectivity index (χ1n) is 12.0. The van der Waals surface area contributed by atoms with E-state index in [2.05, 4.69) is 27.1 Å². The molecule has 13 heteroatoms. The predicted molar refractivity (Wildman–Crippen MR) is 150 cm³/mol. The zero-order valence-electron chi connectivity index (χ0n) is 21.9.